The second-order valence-corrected chi connectivity index (χ2v) is 11.9. The van der Waals surface area contributed by atoms with Gasteiger partial charge in [-0.2, -0.15) is 12.1 Å². The second kappa shape index (κ2) is 13.1. The van der Waals surface area contributed by atoms with Crippen LogP contribution in [0.4, 0.5) is 0 Å². The Morgan fingerprint density at radius 3 is 1.31 bits per heavy atom. The van der Waals surface area contributed by atoms with Crippen LogP contribution in [0.15, 0.2) is 97.1 Å². The van der Waals surface area contributed by atoms with E-state index in [0.29, 0.717) is 0 Å². The van der Waals surface area contributed by atoms with Crippen LogP contribution in [-0.4, -0.2) is 0 Å². The van der Waals surface area contributed by atoms with Gasteiger partial charge in [-0.15, -0.1) is 69.1 Å². The summed E-state index contributed by atoms with van der Waals surface area (Å²) in [6.07, 6.45) is 2.24. The van der Waals surface area contributed by atoms with Crippen LogP contribution < -0.4 is 0 Å². The van der Waals surface area contributed by atoms with Gasteiger partial charge < -0.3 is 14.9 Å². The number of fused-ring (bicyclic) bond motifs is 2. The van der Waals surface area contributed by atoms with Crippen LogP contribution in [0, 0.1) is 42.5 Å². The standard InChI is InChI=1S/C39H38.2CH3.Hf/c1-7-14-39(6,33-21-29-10-8-12-35(37(29)23-33)31-17-25(2)15-26(3)18-31)34-22-30-11-9-13-36(38(30)24-34)32-19-27(4)16-28(5)20-32;;;/h8-13,15-24H,7,14H2,1-6H3;2*1H3;/q-2;2*-1;+4. The minimum atomic E-state index is -0.0631. The number of hydrogen-bond acceptors (Lipinski definition) is 0. The van der Waals surface area contributed by atoms with E-state index in [1.807, 2.05) is 0 Å². The molecule has 0 aliphatic carbocycles. The first kappa shape index (κ1) is 33.5. The summed E-state index contributed by atoms with van der Waals surface area (Å²) in [5, 5.41) is 5.37. The molecule has 0 radical (unpaired) electrons. The molecule has 0 N–H and O–H groups in total. The van der Waals surface area contributed by atoms with Gasteiger partial charge in [0.15, 0.2) is 0 Å². The van der Waals surface area contributed by atoms with Gasteiger partial charge in [0.25, 0.3) is 0 Å². The molecule has 0 saturated carbocycles. The molecule has 0 bridgehead atoms. The molecular formula is C41H44Hf. The molecule has 6 aromatic rings. The van der Waals surface area contributed by atoms with E-state index in [0.717, 1.165) is 12.8 Å². The first-order chi connectivity index (χ1) is 18.7. The van der Waals surface area contributed by atoms with Crippen molar-refractivity contribution in [3.63, 3.8) is 0 Å². The van der Waals surface area contributed by atoms with E-state index >= 15 is 0 Å². The third-order valence-electron chi connectivity index (χ3n) is 8.59. The molecule has 0 amide bonds. The molecule has 212 valence electrons. The van der Waals surface area contributed by atoms with Crippen molar-refractivity contribution in [2.75, 3.05) is 0 Å². The minimum Gasteiger partial charge on any atom is -0.358 e. The topological polar surface area (TPSA) is 0 Å². The molecule has 0 nitrogen and oxygen atoms in total. The Morgan fingerprint density at radius 1 is 0.571 bits per heavy atom. The molecule has 0 saturated heterocycles. The molecule has 1 heteroatoms. The molecule has 0 unspecified atom stereocenters. The van der Waals surface area contributed by atoms with Gasteiger partial charge in [-0.3, -0.25) is 0 Å². The summed E-state index contributed by atoms with van der Waals surface area (Å²) in [5.74, 6) is 0. The Hall–Kier alpha value is -3.03. The van der Waals surface area contributed by atoms with E-state index in [2.05, 4.69) is 139 Å². The molecule has 6 aromatic carbocycles. The van der Waals surface area contributed by atoms with E-state index < -0.39 is 0 Å². The van der Waals surface area contributed by atoms with Crippen molar-refractivity contribution in [3.05, 3.63) is 145 Å². The van der Waals surface area contributed by atoms with E-state index in [1.54, 1.807) is 0 Å². The minimum absolute atomic E-state index is 0. The van der Waals surface area contributed by atoms with Crippen molar-refractivity contribution in [3.8, 4) is 22.3 Å². The maximum absolute atomic E-state index is 2.47. The Kier molecular flexibility index (Phi) is 10.4. The molecule has 0 aliphatic heterocycles. The average Bonchev–Trinajstić information content (AvgIpc) is 3.53. The van der Waals surface area contributed by atoms with Crippen LogP contribution in [0.3, 0.4) is 0 Å². The maximum Gasteiger partial charge on any atom is 4.00 e. The molecule has 6 rings (SSSR count). The summed E-state index contributed by atoms with van der Waals surface area (Å²) in [4.78, 5) is 0. The molecule has 0 heterocycles. The zero-order chi connectivity index (χ0) is 27.3. The van der Waals surface area contributed by atoms with Gasteiger partial charge in [0.1, 0.15) is 0 Å². The third-order valence-corrected chi connectivity index (χ3v) is 8.59. The van der Waals surface area contributed by atoms with E-state index in [4.69, 9.17) is 0 Å². The van der Waals surface area contributed by atoms with E-state index in [1.165, 1.54) is 77.2 Å². The first-order valence-corrected chi connectivity index (χ1v) is 14.3. The molecule has 0 aromatic heterocycles. The van der Waals surface area contributed by atoms with Crippen LogP contribution in [0.1, 0.15) is 60.1 Å². The Bertz CT molecular complexity index is 1650. The first-order valence-electron chi connectivity index (χ1n) is 14.3. The van der Waals surface area contributed by atoms with Crippen molar-refractivity contribution in [2.45, 2.75) is 59.8 Å². The number of hydrogen-bond donors (Lipinski definition) is 0. The van der Waals surface area contributed by atoms with Crippen molar-refractivity contribution in [1.29, 1.82) is 0 Å². The molecule has 0 atom stereocenters. The smallest absolute Gasteiger partial charge is 0.358 e. The van der Waals surface area contributed by atoms with Crippen LogP contribution in [0.5, 0.6) is 0 Å². The van der Waals surface area contributed by atoms with Crippen molar-refractivity contribution < 1.29 is 25.8 Å². The third kappa shape index (κ3) is 6.04. The molecule has 0 fully saturated rings. The molecule has 42 heavy (non-hydrogen) atoms. The largest absolute Gasteiger partial charge is 4.00 e. The van der Waals surface area contributed by atoms with Gasteiger partial charge in [-0.1, -0.05) is 102 Å². The number of benzene rings is 4. The van der Waals surface area contributed by atoms with E-state index in [-0.39, 0.29) is 46.1 Å². The fourth-order valence-corrected chi connectivity index (χ4v) is 6.83. The van der Waals surface area contributed by atoms with Crippen molar-refractivity contribution in [2.24, 2.45) is 0 Å². The summed E-state index contributed by atoms with van der Waals surface area (Å²) in [6.45, 7) is 13.5. The SMILES string of the molecule is CCCC(C)(c1cc2c(-c3cc(C)cc(C)c3)cccc2[cH-]1)c1cc2c(-c3cc(C)cc(C)c3)cccc2[cH-]1.[CH3-].[CH3-].[Hf+4]. The van der Waals surface area contributed by atoms with Gasteiger partial charge in [0, 0.05) is 0 Å². The van der Waals surface area contributed by atoms with Gasteiger partial charge in [-0.25, -0.2) is 0 Å². The summed E-state index contributed by atoms with van der Waals surface area (Å²) in [5.41, 5.74) is 13.3. The van der Waals surface area contributed by atoms with Gasteiger partial charge in [-0.05, 0) is 50.7 Å². The number of rotatable bonds is 6. The van der Waals surface area contributed by atoms with Crippen molar-refractivity contribution >= 4 is 21.5 Å². The van der Waals surface area contributed by atoms with Crippen molar-refractivity contribution in [1.82, 2.24) is 0 Å². The summed E-state index contributed by atoms with van der Waals surface area (Å²) >= 11 is 0. The van der Waals surface area contributed by atoms with E-state index in [9.17, 15) is 0 Å². The van der Waals surface area contributed by atoms with Gasteiger partial charge >= 0.3 is 25.8 Å². The second-order valence-electron chi connectivity index (χ2n) is 11.9. The molecule has 0 spiro atoms. The van der Waals surface area contributed by atoms with Crippen LogP contribution in [-0.2, 0) is 31.3 Å². The quantitative estimate of drug-likeness (QED) is 0.119. The average molecular weight is 715 g/mol. The Balaban J connectivity index is 0.00000161. The van der Waals surface area contributed by atoms with Gasteiger partial charge in [0.2, 0.25) is 0 Å². The summed E-state index contributed by atoms with van der Waals surface area (Å²) < 4.78 is 0. The Labute approximate surface area is 273 Å². The zero-order valence-corrected chi connectivity index (χ0v) is 30.2. The van der Waals surface area contributed by atoms with Gasteiger partial charge in [0.05, 0.1) is 0 Å². The fourth-order valence-electron chi connectivity index (χ4n) is 6.83. The normalized spacial score (nSPS) is 11.2. The summed E-state index contributed by atoms with van der Waals surface area (Å²) in [6, 6.07) is 37.2. The molecule has 0 aliphatic rings. The monoisotopic (exact) mass is 716 g/mol. The number of aryl methyl sites for hydroxylation is 4. The van der Waals surface area contributed by atoms with Crippen LogP contribution >= 0.6 is 0 Å². The Morgan fingerprint density at radius 2 is 0.952 bits per heavy atom. The maximum atomic E-state index is 2.47. The summed E-state index contributed by atoms with van der Waals surface area (Å²) in [7, 11) is 0. The molecular weight excluding hydrogens is 671 g/mol. The zero-order valence-electron chi connectivity index (χ0n) is 26.7. The fraction of sp³-hybridized carbons (Fsp3) is 0.220. The van der Waals surface area contributed by atoms with Crippen LogP contribution in [0.2, 0.25) is 0 Å². The predicted octanol–water partition coefficient (Wildman–Crippen LogP) is 12.0. The van der Waals surface area contributed by atoms with Crippen LogP contribution in [0.25, 0.3) is 43.8 Å². The predicted molar refractivity (Wildman–Crippen MR) is 183 cm³/mol.